The fourth-order valence-corrected chi connectivity index (χ4v) is 3.93. The lowest BCUT2D eigenvalue weighted by Crippen LogP contribution is -2.48. The second kappa shape index (κ2) is 9.57. The Morgan fingerprint density at radius 1 is 1.21 bits per heavy atom. The minimum atomic E-state index is -0.720. The van der Waals surface area contributed by atoms with Gasteiger partial charge in [0.1, 0.15) is 0 Å². The molecule has 1 atom stereocenters. The number of hydrogen-bond donors (Lipinski definition) is 3. The Hall–Kier alpha value is -1.69. The molecule has 2 rings (SSSR count). The zero-order valence-corrected chi connectivity index (χ0v) is 14.8. The third-order valence-corrected chi connectivity index (χ3v) is 5.61. The number of aliphatic carboxylic acids is 1. The molecule has 0 heterocycles. The molecule has 0 bridgehead atoms. The number of urea groups is 1. The molecule has 3 N–H and O–H groups in total. The van der Waals surface area contributed by atoms with Gasteiger partial charge in [0.05, 0.1) is 5.92 Å². The molecule has 1 aliphatic carbocycles. The Morgan fingerprint density at radius 2 is 1.88 bits per heavy atom. The molecule has 1 aliphatic rings. The van der Waals surface area contributed by atoms with E-state index in [0.717, 1.165) is 25.0 Å². The van der Waals surface area contributed by atoms with Crippen molar-refractivity contribution < 1.29 is 14.7 Å². The van der Waals surface area contributed by atoms with Gasteiger partial charge >= 0.3 is 12.0 Å². The maximum Gasteiger partial charge on any atom is 0.315 e. The molecule has 1 aromatic rings. The molecule has 0 aromatic heterocycles. The first-order valence-corrected chi connectivity index (χ1v) is 9.54. The third-order valence-electron chi connectivity index (χ3n) is 4.43. The van der Waals surface area contributed by atoms with Gasteiger partial charge in [-0.05, 0) is 44.2 Å². The van der Waals surface area contributed by atoms with E-state index in [9.17, 15) is 9.59 Å². The smallest absolute Gasteiger partial charge is 0.315 e. The Balaban J connectivity index is 1.71. The molecule has 1 fully saturated rings. The number of thioether (sulfide) groups is 1. The van der Waals surface area contributed by atoms with Crippen molar-refractivity contribution in [3.8, 4) is 0 Å². The second-order valence-corrected chi connectivity index (χ2v) is 7.33. The molecule has 0 spiro atoms. The van der Waals surface area contributed by atoms with Crippen molar-refractivity contribution in [2.45, 2.75) is 56.0 Å². The van der Waals surface area contributed by atoms with Crippen molar-refractivity contribution in [2.24, 2.45) is 5.92 Å². The van der Waals surface area contributed by atoms with E-state index in [0.29, 0.717) is 12.8 Å². The Morgan fingerprint density at radius 3 is 2.46 bits per heavy atom. The predicted octanol–water partition coefficient (Wildman–Crippen LogP) is 3.50. The first kappa shape index (κ1) is 18.6. The van der Waals surface area contributed by atoms with Gasteiger partial charge in [-0.25, -0.2) is 4.79 Å². The summed E-state index contributed by atoms with van der Waals surface area (Å²) in [5, 5.41) is 15.0. The Bertz CT molecular complexity index is 530. The van der Waals surface area contributed by atoms with Crippen LogP contribution in [0.1, 0.15) is 39.0 Å². The maximum atomic E-state index is 12.2. The Labute approximate surface area is 147 Å². The standard InChI is InChI=1S/C18H26N2O3S/c1-2-14(12-24-16-6-4-3-5-7-16)19-18(23)20-15-10-8-13(9-11-15)17(21)22/h3-7,13-15H,2,8-12H2,1H3,(H,21,22)(H2,19,20,23). The van der Waals surface area contributed by atoms with Crippen LogP contribution in [0.3, 0.4) is 0 Å². The highest BCUT2D eigenvalue weighted by Gasteiger charge is 2.26. The number of benzene rings is 1. The first-order chi connectivity index (χ1) is 11.6. The van der Waals surface area contributed by atoms with Gasteiger partial charge in [0.2, 0.25) is 0 Å². The molecule has 0 aliphatic heterocycles. The number of carbonyl (C=O) groups is 2. The molecule has 0 radical (unpaired) electrons. The summed E-state index contributed by atoms with van der Waals surface area (Å²) in [5.74, 6) is -0.140. The van der Waals surface area contributed by atoms with Crippen LogP contribution in [0.15, 0.2) is 35.2 Å². The van der Waals surface area contributed by atoms with Gasteiger partial charge in [-0.15, -0.1) is 11.8 Å². The van der Waals surface area contributed by atoms with Gasteiger partial charge in [-0.3, -0.25) is 4.79 Å². The molecule has 2 amide bonds. The van der Waals surface area contributed by atoms with Crippen molar-refractivity contribution in [1.29, 1.82) is 0 Å². The second-order valence-electron chi connectivity index (χ2n) is 6.23. The quantitative estimate of drug-likeness (QED) is 0.658. The van der Waals surface area contributed by atoms with E-state index in [1.165, 1.54) is 4.90 Å². The molecule has 5 nitrogen and oxygen atoms in total. The highest BCUT2D eigenvalue weighted by atomic mass is 32.2. The van der Waals surface area contributed by atoms with Crippen LogP contribution >= 0.6 is 11.8 Å². The number of hydrogen-bond acceptors (Lipinski definition) is 3. The zero-order chi connectivity index (χ0) is 17.4. The van der Waals surface area contributed by atoms with Gasteiger partial charge < -0.3 is 15.7 Å². The normalized spacial score (nSPS) is 21.7. The number of carbonyl (C=O) groups excluding carboxylic acids is 1. The summed E-state index contributed by atoms with van der Waals surface area (Å²) >= 11 is 1.74. The number of rotatable bonds is 7. The molecular weight excluding hydrogens is 324 g/mol. The maximum absolute atomic E-state index is 12.2. The topological polar surface area (TPSA) is 78.4 Å². The monoisotopic (exact) mass is 350 g/mol. The zero-order valence-electron chi connectivity index (χ0n) is 14.0. The van der Waals surface area contributed by atoms with Crippen molar-refractivity contribution in [3.05, 3.63) is 30.3 Å². The molecule has 6 heteroatoms. The van der Waals surface area contributed by atoms with Crippen LogP contribution in [0, 0.1) is 5.92 Å². The highest BCUT2D eigenvalue weighted by Crippen LogP contribution is 2.24. The summed E-state index contributed by atoms with van der Waals surface area (Å²) < 4.78 is 0. The SMILES string of the molecule is CCC(CSc1ccccc1)NC(=O)NC1CCC(C(=O)O)CC1. The van der Waals surface area contributed by atoms with Crippen LogP contribution in [-0.4, -0.2) is 34.9 Å². The van der Waals surface area contributed by atoms with E-state index in [4.69, 9.17) is 5.11 Å². The number of carboxylic acid groups (broad SMARTS) is 1. The lowest BCUT2D eigenvalue weighted by atomic mass is 9.86. The van der Waals surface area contributed by atoms with Crippen molar-refractivity contribution in [1.82, 2.24) is 10.6 Å². The fourth-order valence-electron chi connectivity index (χ4n) is 2.87. The number of nitrogens with one attached hydrogen (secondary N) is 2. The van der Waals surface area contributed by atoms with Crippen LogP contribution in [0.25, 0.3) is 0 Å². The largest absolute Gasteiger partial charge is 0.481 e. The van der Waals surface area contributed by atoms with Crippen molar-refractivity contribution in [2.75, 3.05) is 5.75 Å². The highest BCUT2D eigenvalue weighted by molar-refractivity contribution is 7.99. The van der Waals surface area contributed by atoms with E-state index in [-0.39, 0.29) is 24.0 Å². The molecular formula is C18H26N2O3S. The fraction of sp³-hybridized carbons (Fsp3) is 0.556. The van der Waals surface area contributed by atoms with Crippen LogP contribution in [0.5, 0.6) is 0 Å². The van der Waals surface area contributed by atoms with E-state index in [1.807, 2.05) is 18.2 Å². The molecule has 1 unspecified atom stereocenters. The molecule has 24 heavy (non-hydrogen) atoms. The van der Waals surface area contributed by atoms with Crippen LogP contribution < -0.4 is 10.6 Å². The van der Waals surface area contributed by atoms with Gasteiger partial charge in [0.15, 0.2) is 0 Å². The Kier molecular flexibility index (Phi) is 7.43. The van der Waals surface area contributed by atoms with E-state index in [2.05, 4.69) is 29.7 Å². The summed E-state index contributed by atoms with van der Waals surface area (Å²) in [7, 11) is 0. The average molecular weight is 350 g/mol. The minimum Gasteiger partial charge on any atom is -0.481 e. The lowest BCUT2D eigenvalue weighted by molar-refractivity contribution is -0.142. The summed E-state index contributed by atoms with van der Waals surface area (Å²) in [5.41, 5.74) is 0. The van der Waals surface area contributed by atoms with Crippen LogP contribution in [0.2, 0.25) is 0 Å². The lowest BCUT2D eigenvalue weighted by Gasteiger charge is -2.27. The number of amides is 2. The molecule has 0 saturated heterocycles. The molecule has 1 aromatic carbocycles. The van der Waals surface area contributed by atoms with Gasteiger partial charge in [0, 0.05) is 22.7 Å². The molecule has 132 valence electrons. The van der Waals surface area contributed by atoms with Crippen LogP contribution in [0.4, 0.5) is 4.79 Å². The predicted molar refractivity (Wildman–Crippen MR) is 96.3 cm³/mol. The van der Waals surface area contributed by atoms with Gasteiger partial charge in [-0.1, -0.05) is 25.1 Å². The minimum absolute atomic E-state index is 0.0832. The van der Waals surface area contributed by atoms with Crippen LogP contribution in [-0.2, 0) is 4.79 Å². The van der Waals surface area contributed by atoms with Gasteiger partial charge in [-0.2, -0.15) is 0 Å². The van der Waals surface area contributed by atoms with Crippen molar-refractivity contribution >= 4 is 23.8 Å². The van der Waals surface area contributed by atoms with E-state index in [1.54, 1.807) is 11.8 Å². The summed E-state index contributed by atoms with van der Waals surface area (Å²) in [6, 6.07) is 10.2. The third kappa shape index (κ3) is 6.07. The van der Waals surface area contributed by atoms with E-state index >= 15 is 0 Å². The average Bonchev–Trinajstić information content (AvgIpc) is 2.60. The molecule has 1 saturated carbocycles. The van der Waals surface area contributed by atoms with Gasteiger partial charge in [0.25, 0.3) is 0 Å². The summed E-state index contributed by atoms with van der Waals surface area (Å²) in [4.78, 5) is 24.3. The van der Waals surface area contributed by atoms with Crippen molar-refractivity contribution in [3.63, 3.8) is 0 Å². The van der Waals surface area contributed by atoms with E-state index < -0.39 is 5.97 Å². The first-order valence-electron chi connectivity index (χ1n) is 8.56. The number of carboxylic acids is 1. The summed E-state index contributed by atoms with van der Waals surface area (Å²) in [6.07, 6.45) is 3.63. The summed E-state index contributed by atoms with van der Waals surface area (Å²) in [6.45, 7) is 2.06.